The molecule has 5 nitrogen and oxygen atoms in total. The number of rotatable bonds is 10. The maximum Gasteiger partial charge on any atom is 0.266 e. The Morgan fingerprint density at radius 3 is 2.40 bits per heavy atom. The molecule has 0 aromatic heterocycles. The fourth-order valence-corrected chi connectivity index (χ4v) is 4.19. The van der Waals surface area contributed by atoms with Crippen LogP contribution in [0.1, 0.15) is 18.1 Å². The molecule has 0 atom stereocenters. The van der Waals surface area contributed by atoms with Gasteiger partial charge in [0.1, 0.15) is 29.0 Å². The van der Waals surface area contributed by atoms with Crippen LogP contribution in [0.5, 0.6) is 11.5 Å². The number of carbonyl (C=O) groups is 1. The molecule has 1 amide bonds. The highest BCUT2D eigenvalue weighted by Gasteiger charge is 2.30. The first kappa shape index (κ1) is 22.3. The van der Waals surface area contributed by atoms with Crippen LogP contribution < -0.4 is 9.47 Å². The molecule has 1 heterocycles. The number of thiocarbonyl (C=S) groups is 1. The van der Waals surface area contributed by atoms with E-state index < -0.39 is 0 Å². The molecule has 0 aliphatic carbocycles. The zero-order valence-corrected chi connectivity index (χ0v) is 18.8. The highest BCUT2D eigenvalue weighted by atomic mass is 32.2. The number of amides is 1. The van der Waals surface area contributed by atoms with Crippen molar-refractivity contribution in [3.05, 3.63) is 64.6 Å². The molecule has 3 rings (SSSR count). The van der Waals surface area contributed by atoms with Gasteiger partial charge in [-0.15, -0.1) is 0 Å². The first-order valence-corrected chi connectivity index (χ1v) is 11.1. The zero-order chi connectivity index (χ0) is 21.3. The van der Waals surface area contributed by atoms with Gasteiger partial charge in [0.2, 0.25) is 0 Å². The quantitative estimate of drug-likeness (QED) is 0.302. The van der Waals surface area contributed by atoms with Crippen LogP contribution in [0.15, 0.2) is 53.4 Å². The Bertz CT molecular complexity index is 912. The highest BCUT2D eigenvalue weighted by Crippen LogP contribution is 2.33. The third kappa shape index (κ3) is 6.08. The average molecular weight is 444 g/mol. The van der Waals surface area contributed by atoms with Gasteiger partial charge in [0.05, 0.1) is 18.1 Å². The maximum atomic E-state index is 12.4. The van der Waals surface area contributed by atoms with E-state index in [1.54, 1.807) is 4.90 Å². The van der Waals surface area contributed by atoms with Crippen LogP contribution in [0.2, 0.25) is 0 Å². The fraction of sp³-hybridized carbons (Fsp3) is 0.304. The lowest BCUT2D eigenvalue weighted by molar-refractivity contribution is -0.121. The predicted octanol–water partition coefficient (Wildman–Crippen LogP) is 4.69. The average Bonchev–Trinajstić information content (AvgIpc) is 3.02. The number of hydrogen-bond acceptors (Lipinski definition) is 6. The molecule has 1 fully saturated rings. The highest BCUT2D eigenvalue weighted by molar-refractivity contribution is 8.26. The number of nitrogens with zero attached hydrogens (tertiary/aromatic N) is 1. The van der Waals surface area contributed by atoms with Gasteiger partial charge in [0.15, 0.2) is 0 Å². The summed E-state index contributed by atoms with van der Waals surface area (Å²) < 4.78 is 17.7. The monoisotopic (exact) mass is 443 g/mol. The third-order valence-electron chi connectivity index (χ3n) is 4.40. The van der Waals surface area contributed by atoms with Gasteiger partial charge in [-0.3, -0.25) is 9.69 Å². The summed E-state index contributed by atoms with van der Waals surface area (Å²) in [6.07, 6.45) is 1.83. The van der Waals surface area contributed by atoms with Crippen molar-refractivity contribution < 1.29 is 19.0 Å². The molecule has 0 N–H and O–H groups in total. The number of likely N-dealkylation sites (N-methyl/N-ethyl adjacent to an activating group) is 1. The number of aryl methyl sites for hydroxylation is 1. The number of para-hydroxylation sites is 1. The van der Waals surface area contributed by atoms with Gasteiger partial charge in [0, 0.05) is 12.1 Å². The molecule has 1 aliphatic rings. The summed E-state index contributed by atoms with van der Waals surface area (Å²) in [5, 5.41) is 0. The standard InChI is InChI=1S/C23H25NO4S2/c1-3-24-22(25)21(30-23(24)29)16-18-6-4-5-7-20(18)28-15-13-26-12-14-27-19-10-8-17(2)9-11-19/h4-11,16H,3,12-15H2,1-2H3/b21-16+. The van der Waals surface area contributed by atoms with Gasteiger partial charge in [0.25, 0.3) is 5.91 Å². The van der Waals surface area contributed by atoms with Crippen LogP contribution in [0, 0.1) is 6.92 Å². The first-order chi connectivity index (χ1) is 14.6. The van der Waals surface area contributed by atoms with Crippen molar-refractivity contribution in [1.29, 1.82) is 0 Å². The minimum Gasteiger partial charge on any atom is -0.491 e. The number of thioether (sulfide) groups is 1. The van der Waals surface area contributed by atoms with E-state index in [2.05, 4.69) is 0 Å². The lowest BCUT2D eigenvalue weighted by atomic mass is 10.2. The van der Waals surface area contributed by atoms with E-state index in [-0.39, 0.29) is 5.91 Å². The summed E-state index contributed by atoms with van der Waals surface area (Å²) in [5.41, 5.74) is 2.05. The van der Waals surface area contributed by atoms with Crippen LogP contribution in [0.3, 0.4) is 0 Å². The van der Waals surface area contributed by atoms with Crippen molar-refractivity contribution >= 4 is 40.3 Å². The topological polar surface area (TPSA) is 48.0 Å². The SMILES string of the molecule is CCN1C(=O)/C(=C\c2ccccc2OCCOCCOc2ccc(C)cc2)SC1=S. The van der Waals surface area contributed by atoms with Crippen molar-refractivity contribution in [2.24, 2.45) is 0 Å². The molecular formula is C23H25NO4S2. The largest absolute Gasteiger partial charge is 0.491 e. The number of hydrogen-bond donors (Lipinski definition) is 0. The molecule has 0 bridgehead atoms. The lowest BCUT2D eigenvalue weighted by Crippen LogP contribution is -2.27. The van der Waals surface area contributed by atoms with Crippen LogP contribution >= 0.6 is 24.0 Å². The van der Waals surface area contributed by atoms with E-state index in [0.29, 0.717) is 47.9 Å². The van der Waals surface area contributed by atoms with E-state index in [0.717, 1.165) is 11.3 Å². The molecule has 0 spiro atoms. The lowest BCUT2D eigenvalue weighted by Gasteiger charge is -2.11. The van der Waals surface area contributed by atoms with Crippen molar-refractivity contribution in [1.82, 2.24) is 4.90 Å². The molecule has 0 saturated carbocycles. The Balaban J connectivity index is 1.44. The molecule has 30 heavy (non-hydrogen) atoms. The molecular weight excluding hydrogens is 418 g/mol. The summed E-state index contributed by atoms with van der Waals surface area (Å²) in [6, 6.07) is 15.5. The second-order valence-corrected chi connectivity index (χ2v) is 8.26. The smallest absolute Gasteiger partial charge is 0.266 e. The summed E-state index contributed by atoms with van der Waals surface area (Å²) >= 11 is 6.59. The Morgan fingerprint density at radius 2 is 1.70 bits per heavy atom. The second-order valence-electron chi connectivity index (χ2n) is 6.59. The molecule has 1 aliphatic heterocycles. The summed E-state index contributed by atoms with van der Waals surface area (Å²) in [4.78, 5) is 14.6. The maximum absolute atomic E-state index is 12.4. The van der Waals surface area contributed by atoms with Gasteiger partial charge in [-0.2, -0.15) is 0 Å². The summed E-state index contributed by atoms with van der Waals surface area (Å²) in [7, 11) is 0. The van der Waals surface area contributed by atoms with Gasteiger partial charge < -0.3 is 14.2 Å². The van der Waals surface area contributed by atoms with E-state index in [9.17, 15) is 4.79 Å². The van der Waals surface area contributed by atoms with Crippen molar-refractivity contribution in [2.45, 2.75) is 13.8 Å². The van der Waals surface area contributed by atoms with Crippen molar-refractivity contribution in [3.8, 4) is 11.5 Å². The normalized spacial score (nSPS) is 15.1. The Morgan fingerprint density at radius 1 is 1.00 bits per heavy atom. The third-order valence-corrected chi connectivity index (χ3v) is 5.78. The minimum absolute atomic E-state index is 0.0563. The summed E-state index contributed by atoms with van der Waals surface area (Å²) in [5.74, 6) is 1.49. The Hall–Kier alpha value is -2.35. The van der Waals surface area contributed by atoms with E-state index in [4.69, 9.17) is 26.4 Å². The molecule has 1 saturated heterocycles. The number of ether oxygens (including phenoxy) is 3. The van der Waals surface area contributed by atoms with Crippen molar-refractivity contribution in [3.63, 3.8) is 0 Å². The molecule has 158 valence electrons. The van der Waals surface area contributed by atoms with Gasteiger partial charge in [-0.25, -0.2) is 0 Å². The molecule has 2 aromatic rings. The number of benzene rings is 2. The Labute approximate surface area is 187 Å². The zero-order valence-electron chi connectivity index (χ0n) is 17.1. The van der Waals surface area contributed by atoms with Gasteiger partial charge >= 0.3 is 0 Å². The molecule has 7 heteroatoms. The molecule has 2 aromatic carbocycles. The van der Waals surface area contributed by atoms with Crippen LogP contribution in [0.25, 0.3) is 6.08 Å². The molecule has 0 radical (unpaired) electrons. The first-order valence-electron chi connectivity index (χ1n) is 9.83. The van der Waals surface area contributed by atoms with Crippen molar-refractivity contribution in [2.75, 3.05) is 33.0 Å². The number of carbonyl (C=O) groups excluding carboxylic acids is 1. The van der Waals surface area contributed by atoms with E-state index in [1.807, 2.05) is 68.5 Å². The van der Waals surface area contributed by atoms with Crippen LogP contribution in [0.4, 0.5) is 0 Å². The fourth-order valence-electron chi connectivity index (χ4n) is 2.81. The van der Waals surface area contributed by atoms with Crippen LogP contribution in [-0.2, 0) is 9.53 Å². The summed E-state index contributed by atoms with van der Waals surface area (Å²) in [6.45, 7) is 6.36. The minimum atomic E-state index is -0.0563. The second kappa shape index (κ2) is 11.2. The van der Waals surface area contributed by atoms with Gasteiger partial charge in [-0.1, -0.05) is 59.9 Å². The molecule has 0 unspecified atom stereocenters. The predicted molar refractivity (Wildman–Crippen MR) is 125 cm³/mol. The van der Waals surface area contributed by atoms with E-state index in [1.165, 1.54) is 17.3 Å². The van der Waals surface area contributed by atoms with Crippen LogP contribution in [-0.4, -0.2) is 48.1 Å². The Kier molecular flexibility index (Phi) is 8.30. The van der Waals surface area contributed by atoms with Gasteiger partial charge in [-0.05, 0) is 38.1 Å². The van der Waals surface area contributed by atoms with E-state index >= 15 is 0 Å².